The maximum Gasteiger partial charge on any atom is 0.344 e. The maximum absolute atomic E-state index is 14.2. The Balaban J connectivity index is 1.51. The summed E-state index contributed by atoms with van der Waals surface area (Å²) in [5, 5.41) is 0. The van der Waals surface area contributed by atoms with Crippen LogP contribution in [0.25, 0.3) is 0 Å². The van der Waals surface area contributed by atoms with Gasteiger partial charge in [0, 0.05) is 0 Å². The van der Waals surface area contributed by atoms with E-state index in [0.717, 1.165) is 49.7 Å². The second kappa shape index (κ2) is 11.3. The summed E-state index contributed by atoms with van der Waals surface area (Å²) < 4.78 is 69.7. The van der Waals surface area contributed by atoms with Gasteiger partial charge < -0.3 is 4.74 Å². The summed E-state index contributed by atoms with van der Waals surface area (Å²) >= 11 is 0. The van der Waals surface area contributed by atoms with Gasteiger partial charge in [-0.05, 0) is 79.9 Å². The summed E-state index contributed by atoms with van der Waals surface area (Å²) in [6, 6.07) is -0.103. The van der Waals surface area contributed by atoms with Crippen LogP contribution in [-0.2, 0) is 0 Å². The minimum Gasteiger partial charge on any atom is -0.422 e. The molecule has 2 aliphatic rings. The first kappa shape index (κ1) is 24.1. The Morgan fingerprint density at radius 3 is 1.90 bits per heavy atom. The van der Waals surface area contributed by atoms with E-state index in [2.05, 4.69) is 11.7 Å². The van der Waals surface area contributed by atoms with Crippen molar-refractivity contribution in [3.8, 4) is 5.75 Å². The molecule has 0 radical (unpaired) electrons. The topological polar surface area (TPSA) is 9.23 Å². The standard InChI is InChI=1S/C25H33F5O/c1-2-3-4-5-16-6-8-17(9-7-16)18-10-12-19(13-11-18)20-14-21(26)23(22(27)15-20)31-25(30)24(28)29/h14-19H,2-13H2,1H3/t16-,17-,18?,19?. The van der Waals surface area contributed by atoms with Crippen molar-refractivity contribution in [1.29, 1.82) is 0 Å². The summed E-state index contributed by atoms with van der Waals surface area (Å²) in [4.78, 5) is 0. The molecule has 31 heavy (non-hydrogen) atoms. The van der Waals surface area contributed by atoms with Gasteiger partial charge in [0.1, 0.15) is 0 Å². The fraction of sp³-hybridized carbons (Fsp3) is 0.680. The third-order valence-corrected chi connectivity index (χ3v) is 7.38. The van der Waals surface area contributed by atoms with Crippen LogP contribution in [0.4, 0.5) is 22.0 Å². The zero-order valence-corrected chi connectivity index (χ0v) is 18.2. The molecule has 2 saturated carbocycles. The molecule has 174 valence electrons. The number of rotatable bonds is 8. The fourth-order valence-corrected chi connectivity index (χ4v) is 5.60. The third-order valence-electron chi connectivity index (χ3n) is 7.38. The van der Waals surface area contributed by atoms with Gasteiger partial charge in [0.05, 0.1) is 0 Å². The second-order valence-electron chi connectivity index (χ2n) is 9.34. The Hall–Kier alpha value is -1.59. The smallest absolute Gasteiger partial charge is 0.344 e. The first-order valence-corrected chi connectivity index (χ1v) is 11.8. The van der Waals surface area contributed by atoms with E-state index < -0.39 is 29.5 Å². The Labute approximate surface area is 182 Å². The molecule has 6 heteroatoms. The second-order valence-corrected chi connectivity index (χ2v) is 9.34. The number of ether oxygens (including phenoxy) is 1. The minimum absolute atomic E-state index is 0.0259. The van der Waals surface area contributed by atoms with Crippen molar-refractivity contribution >= 4 is 0 Å². The lowest BCUT2D eigenvalue weighted by Crippen LogP contribution is -2.25. The van der Waals surface area contributed by atoms with Crippen LogP contribution in [0, 0.1) is 29.4 Å². The molecule has 0 saturated heterocycles. The number of halogens is 5. The van der Waals surface area contributed by atoms with Crippen molar-refractivity contribution in [1.82, 2.24) is 0 Å². The van der Waals surface area contributed by atoms with Crippen molar-refractivity contribution in [3.05, 3.63) is 41.4 Å². The molecule has 0 N–H and O–H groups in total. The molecule has 0 atom stereocenters. The van der Waals surface area contributed by atoms with E-state index in [1.165, 1.54) is 51.4 Å². The Morgan fingerprint density at radius 1 is 0.839 bits per heavy atom. The molecule has 0 heterocycles. The zero-order chi connectivity index (χ0) is 22.4. The predicted octanol–water partition coefficient (Wildman–Crippen LogP) is 9.04. The van der Waals surface area contributed by atoms with Crippen molar-refractivity contribution < 1.29 is 26.7 Å². The number of unbranched alkanes of at least 4 members (excludes halogenated alkanes) is 2. The Kier molecular flexibility index (Phi) is 8.79. The summed E-state index contributed by atoms with van der Waals surface area (Å²) in [6.07, 6.45) is 11.6. The number of benzene rings is 1. The highest BCUT2D eigenvalue weighted by Crippen LogP contribution is 2.45. The SMILES string of the molecule is CCCCC[C@H]1CC[C@H](C2CCC(c3cc(F)c(OC(F)=C(F)F)c(F)c3)CC2)CC1. The molecule has 1 aromatic carbocycles. The quantitative estimate of drug-likeness (QED) is 0.221. The fourth-order valence-electron chi connectivity index (χ4n) is 5.60. The molecular weight excluding hydrogens is 411 g/mol. The molecule has 1 aromatic rings. The van der Waals surface area contributed by atoms with Crippen molar-refractivity contribution in [2.45, 2.75) is 89.9 Å². The van der Waals surface area contributed by atoms with Gasteiger partial charge in [-0.25, -0.2) is 8.78 Å². The van der Waals surface area contributed by atoms with Crippen LogP contribution in [0.3, 0.4) is 0 Å². The zero-order valence-electron chi connectivity index (χ0n) is 18.2. The van der Waals surface area contributed by atoms with Crippen LogP contribution in [0.2, 0.25) is 0 Å². The van der Waals surface area contributed by atoms with E-state index in [9.17, 15) is 22.0 Å². The number of hydrogen-bond acceptors (Lipinski definition) is 1. The Bertz CT molecular complexity index is 719. The molecular formula is C25H33F5O. The maximum atomic E-state index is 14.2. The Morgan fingerprint density at radius 2 is 1.39 bits per heavy atom. The molecule has 0 amide bonds. The van der Waals surface area contributed by atoms with Gasteiger partial charge in [-0.2, -0.15) is 13.2 Å². The van der Waals surface area contributed by atoms with Crippen LogP contribution in [0.5, 0.6) is 5.75 Å². The highest BCUT2D eigenvalue weighted by Gasteiger charge is 2.32. The van der Waals surface area contributed by atoms with Gasteiger partial charge in [-0.3, -0.25) is 0 Å². The van der Waals surface area contributed by atoms with Gasteiger partial charge in [-0.1, -0.05) is 45.4 Å². The largest absolute Gasteiger partial charge is 0.422 e. The molecule has 0 unspecified atom stereocenters. The summed E-state index contributed by atoms with van der Waals surface area (Å²) in [5.41, 5.74) is 0.491. The number of hydrogen-bond donors (Lipinski definition) is 0. The molecule has 2 fully saturated rings. The first-order valence-electron chi connectivity index (χ1n) is 11.8. The lowest BCUT2D eigenvalue weighted by atomic mass is 9.68. The van der Waals surface area contributed by atoms with E-state index in [4.69, 9.17) is 0 Å². The average molecular weight is 445 g/mol. The highest BCUT2D eigenvalue weighted by molar-refractivity contribution is 5.34. The molecule has 2 aliphatic carbocycles. The summed E-state index contributed by atoms with van der Waals surface area (Å²) in [6.45, 7) is 2.24. The predicted molar refractivity (Wildman–Crippen MR) is 112 cm³/mol. The van der Waals surface area contributed by atoms with E-state index in [-0.39, 0.29) is 5.92 Å². The van der Waals surface area contributed by atoms with Crippen molar-refractivity contribution in [3.63, 3.8) is 0 Å². The van der Waals surface area contributed by atoms with Crippen LogP contribution < -0.4 is 4.74 Å². The minimum atomic E-state index is -2.75. The normalized spacial score (nSPS) is 26.5. The van der Waals surface area contributed by atoms with Crippen LogP contribution >= 0.6 is 0 Å². The van der Waals surface area contributed by atoms with Gasteiger partial charge in [0.2, 0.25) is 5.75 Å². The molecule has 0 bridgehead atoms. The van der Waals surface area contributed by atoms with Crippen LogP contribution in [0.15, 0.2) is 24.2 Å². The van der Waals surface area contributed by atoms with Gasteiger partial charge >= 0.3 is 12.1 Å². The molecule has 0 spiro atoms. The monoisotopic (exact) mass is 444 g/mol. The van der Waals surface area contributed by atoms with Gasteiger partial charge in [-0.15, -0.1) is 0 Å². The lowest BCUT2D eigenvalue weighted by Gasteiger charge is -2.38. The van der Waals surface area contributed by atoms with Crippen LogP contribution in [-0.4, -0.2) is 0 Å². The molecule has 0 aromatic heterocycles. The van der Waals surface area contributed by atoms with Crippen molar-refractivity contribution in [2.75, 3.05) is 0 Å². The first-order chi connectivity index (χ1) is 14.9. The van der Waals surface area contributed by atoms with Gasteiger partial charge in [0.15, 0.2) is 11.6 Å². The lowest BCUT2D eigenvalue weighted by molar-refractivity contribution is 0.155. The molecule has 3 rings (SSSR count). The van der Waals surface area contributed by atoms with E-state index in [1.807, 2.05) is 0 Å². The third kappa shape index (κ3) is 6.45. The van der Waals surface area contributed by atoms with Crippen LogP contribution in [0.1, 0.15) is 95.5 Å². The van der Waals surface area contributed by atoms with E-state index in [1.54, 1.807) is 0 Å². The summed E-state index contributed by atoms with van der Waals surface area (Å²) in [5.74, 6) is -1.09. The summed E-state index contributed by atoms with van der Waals surface area (Å²) in [7, 11) is 0. The van der Waals surface area contributed by atoms with Crippen molar-refractivity contribution in [2.24, 2.45) is 17.8 Å². The molecule has 1 nitrogen and oxygen atoms in total. The highest BCUT2D eigenvalue weighted by atomic mass is 19.3. The van der Waals surface area contributed by atoms with Gasteiger partial charge in [0.25, 0.3) is 0 Å². The molecule has 0 aliphatic heterocycles. The van der Waals surface area contributed by atoms with E-state index in [0.29, 0.717) is 11.5 Å². The average Bonchev–Trinajstić information content (AvgIpc) is 2.76. The van der Waals surface area contributed by atoms with E-state index >= 15 is 0 Å².